The fraction of sp³-hybridized carbons (Fsp3) is 0.533. The minimum Gasteiger partial charge on any atom is -0.343 e. The van der Waals surface area contributed by atoms with E-state index in [4.69, 9.17) is 11.6 Å². The highest BCUT2D eigenvalue weighted by atomic mass is 35.5. The molecule has 0 saturated heterocycles. The number of nitrogens with zero attached hydrogens (tertiary/aromatic N) is 1. The van der Waals surface area contributed by atoms with Crippen molar-refractivity contribution >= 4 is 17.5 Å². The summed E-state index contributed by atoms with van der Waals surface area (Å²) >= 11 is 5.92. The number of aryl methyl sites for hydroxylation is 1. The topological polar surface area (TPSA) is 32.3 Å². The van der Waals surface area contributed by atoms with Gasteiger partial charge in [-0.1, -0.05) is 17.7 Å². The molecule has 19 heavy (non-hydrogen) atoms. The molecular weight excluding hydrogens is 260 g/mol. The van der Waals surface area contributed by atoms with Crippen LogP contribution in [0, 0.1) is 6.92 Å². The van der Waals surface area contributed by atoms with Gasteiger partial charge in [-0.05, 0) is 44.0 Å². The van der Waals surface area contributed by atoms with Gasteiger partial charge in [0.2, 0.25) is 5.91 Å². The molecule has 3 nitrogen and oxygen atoms in total. The van der Waals surface area contributed by atoms with Crippen molar-refractivity contribution in [3.8, 4) is 0 Å². The summed E-state index contributed by atoms with van der Waals surface area (Å²) < 4.78 is 0. The second-order valence-electron chi connectivity index (χ2n) is 4.56. The summed E-state index contributed by atoms with van der Waals surface area (Å²) in [5, 5.41) is 4.07. The zero-order valence-corrected chi connectivity index (χ0v) is 12.8. The van der Waals surface area contributed by atoms with Crippen LogP contribution in [0.1, 0.15) is 31.4 Å². The summed E-state index contributed by atoms with van der Waals surface area (Å²) in [5.74, 6) is 0.213. The number of carbonyl (C=O) groups is 1. The second kappa shape index (κ2) is 8.18. The Bertz CT molecular complexity index is 417. The van der Waals surface area contributed by atoms with Crippen LogP contribution in [0.2, 0.25) is 5.02 Å². The van der Waals surface area contributed by atoms with Crippen LogP contribution < -0.4 is 5.32 Å². The van der Waals surface area contributed by atoms with Gasteiger partial charge in [0.25, 0.3) is 0 Å². The summed E-state index contributed by atoms with van der Waals surface area (Å²) in [7, 11) is 0. The van der Waals surface area contributed by atoms with E-state index in [1.165, 1.54) is 11.1 Å². The maximum atomic E-state index is 11.8. The lowest BCUT2D eigenvalue weighted by atomic mass is 10.1. The average Bonchev–Trinajstić information content (AvgIpc) is 2.38. The Kier molecular flexibility index (Phi) is 6.89. The molecule has 0 atom stereocenters. The van der Waals surface area contributed by atoms with E-state index < -0.39 is 0 Å². The Morgan fingerprint density at radius 2 is 2.00 bits per heavy atom. The molecule has 4 heteroatoms. The molecule has 0 radical (unpaired) electrons. The fourth-order valence-corrected chi connectivity index (χ4v) is 2.24. The van der Waals surface area contributed by atoms with Gasteiger partial charge < -0.3 is 10.2 Å². The zero-order chi connectivity index (χ0) is 14.3. The molecule has 1 amide bonds. The Morgan fingerprint density at radius 1 is 1.32 bits per heavy atom. The number of amides is 1. The van der Waals surface area contributed by atoms with Crippen LogP contribution >= 0.6 is 11.6 Å². The van der Waals surface area contributed by atoms with Crippen LogP contribution in [0.3, 0.4) is 0 Å². The number of benzene rings is 1. The van der Waals surface area contributed by atoms with Crippen LogP contribution in [0.15, 0.2) is 18.2 Å². The Balaban J connectivity index is 2.33. The van der Waals surface area contributed by atoms with Crippen molar-refractivity contribution in [1.29, 1.82) is 0 Å². The van der Waals surface area contributed by atoms with Gasteiger partial charge in [0.1, 0.15) is 0 Å². The third-order valence-corrected chi connectivity index (χ3v) is 3.49. The lowest BCUT2D eigenvalue weighted by molar-refractivity contribution is -0.130. The number of hydrogen-bond donors (Lipinski definition) is 1. The predicted octanol–water partition coefficient (Wildman–Crippen LogP) is 3.00. The first kappa shape index (κ1) is 16.0. The molecule has 0 aliphatic carbocycles. The first-order chi connectivity index (χ1) is 9.08. The van der Waals surface area contributed by atoms with Crippen LogP contribution in [-0.2, 0) is 11.3 Å². The molecule has 0 fully saturated rings. The van der Waals surface area contributed by atoms with Gasteiger partial charge in [0, 0.05) is 37.6 Å². The fourth-order valence-electron chi connectivity index (χ4n) is 2.01. The van der Waals surface area contributed by atoms with Gasteiger partial charge >= 0.3 is 0 Å². The molecule has 1 aromatic carbocycles. The maximum Gasteiger partial charge on any atom is 0.223 e. The molecule has 0 aliphatic rings. The van der Waals surface area contributed by atoms with E-state index in [1.807, 2.05) is 43.9 Å². The molecule has 0 heterocycles. The van der Waals surface area contributed by atoms with E-state index in [-0.39, 0.29) is 5.91 Å². The smallest absolute Gasteiger partial charge is 0.223 e. The highest BCUT2D eigenvalue weighted by molar-refractivity contribution is 6.30. The normalized spacial score (nSPS) is 10.5. The zero-order valence-electron chi connectivity index (χ0n) is 12.0. The van der Waals surface area contributed by atoms with Gasteiger partial charge in [-0.15, -0.1) is 0 Å². The molecule has 0 spiro atoms. The van der Waals surface area contributed by atoms with Crippen LogP contribution in [0.4, 0.5) is 0 Å². The number of halogens is 1. The van der Waals surface area contributed by atoms with E-state index >= 15 is 0 Å². The van der Waals surface area contributed by atoms with Crippen molar-refractivity contribution in [3.05, 3.63) is 34.3 Å². The highest BCUT2D eigenvalue weighted by Crippen LogP contribution is 2.14. The van der Waals surface area contributed by atoms with Gasteiger partial charge in [0.15, 0.2) is 0 Å². The Labute approximate surface area is 120 Å². The average molecular weight is 283 g/mol. The summed E-state index contributed by atoms with van der Waals surface area (Å²) in [4.78, 5) is 13.7. The SMILES string of the molecule is CCN(CC)C(=O)CCNCc1ccc(Cl)cc1C. The monoisotopic (exact) mass is 282 g/mol. The third-order valence-electron chi connectivity index (χ3n) is 3.25. The number of nitrogens with one attached hydrogen (secondary N) is 1. The van der Waals surface area contributed by atoms with E-state index in [9.17, 15) is 4.79 Å². The van der Waals surface area contributed by atoms with Crippen molar-refractivity contribution in [2.75, 3.05) is 19.6 Å². The Morgan fingerprint density at radius 3 is 2.58 bits per heavy atom. The molecule has 0 aromatic heterocycles. The van der Waals surface area contributed by atoms with E-state index in [0.717, 1.165) is 24.7 Å². The first-order valence-electron chi connectivity index (χ1n) is 6.82. The number of carbonyl (C=O) groups excluding carboxylic acids is 1. The lowest BCUT2D eigenvalue weighted by Crippen LogP contribution is -2.32. The van der Waals surface area contributed by atoms with Gasteiger partial charge in [-0.3, -0.25) is 4.79 Å². The molecule has 0 unspecified atom stereocenters. The minimum absolute atomic E-state index is 0.213. The predicted molar refractivity (Wildman–Crippen MR) is 80.4 cm³/mol. The van der Waals surface area contributed by atoms with Gasteiger partial charge in [-0.25, -0.2) is 0 Å². The molecule has 106 valence electrons. The molecule has 1 aromatic rings. The molecule has 0 aliphatic heterocycles. The molecular formula is C15H23ClN2O. The van der Waals surface area contributed by atoms with Crippen LogP contribution in [0.25, 0.3) is 0 Å². The van der Waals surface area contributed by atoms with Gasteiger partial charge in [0.05, 0.1) is 0 Å². The number of hydrogen-bond acceptors (Lipinski definition) is 2. The second-order valence-corrected chi connectivity index (χ2v) is 5.00. The summed E-state index contributed by atoms with van der Waals surface area (Å²) in [6.45, 7) is 9.10. The maximum absolute atomic E-state index is 11.8. The van der Waals surface area contributed by atoms with E-state index in [2.05, 4.69) is 5.32 Å². The summed E-state index contributed by atoms with van der Waals surface area (Å²) in [5.41, 5.74) is 2.40. The van der Waals surface area contributed by atoms with Crippen LogP contribution in [0.5, 0.6) is 0 Å². The Hall–Kier alpha value is -1.06. The number of rotatable bonds is 7. The van der Waals surface area contributed by atoms with Crippen LogP contribution in [-0.4, -0.2) is 30.4 Å². The van der Waals surface area contributed by atoms with E-state index in [1.54, 1.807) is 0 Å². The summed E-state index contributed by atoms with van der Waals surface area (Å²) in [6, 6.07) is 5.88. The van der Waals surface area contributed by atoms with Crippen molar-refractivity contribution in [2.24, 2.45) is 0 Å². The lowest BCUT2D eigenvalue weighted by Gasteiger charge is -2.18. The largest absolute Gasteiger partial charge is 0.343 e. The minimum atomic E-state index is 0.213. The van der Waals surface area contributed by atoms with Gasteiger partial charge in [-0.2, -0.15) is 0 Å². The molecule has 1 N–H and O–H groups in total. The van der Waals surface area contributed by atoms with Crippen molar-refractivity contribution in [2.45, 2.75) is 33.7 Å². The van der Waals surface area contributed by atoms with Crippen molar-refractivity contribution < 1.29 is 4.79 Å². The molecule has 1 rings (SSSR count). The van der Waals surface area contributed by atoms with E-state index in [0.29, 0.717) is 13.0 Å². The summed E-state index contributed by atoms with van der Waals surface area (Å²) in [6.07, 6.45) is 0.550. The van der Waals surface area contributed by atoms with Crippen molar-refractivity contribution in [1.82, 2.24) is 10.2 Å². The quantitative estimate of drug-likeness (QED) is 0.780. The molecule has 0 saturated carbocycles. The first-order valence-corrected chi connectivity index (χ1v) is 7.19. The van der Waals surface area contributed by atoms with Crippen molar-refractivity contribution in [3.63, 3.8) is 0 Å². The highest BCUT2D eigenvalue weighted by Gasteiger charge is 2.08. The molecule has 0 bridgehead atoms. The standard InChI is InChI=1S/C15H23ClN2O/c1-4-18(5-2)15(19)8-9-17-11-13-6-7-14(16)10-12(13)3/h6-7,10,17H,4-5,8-9,11H2,1-3H3. The third kappa shape index (κ3) is 5.21.